The Bertz CT molecular complexity index is 603. The maximum atomic E-state index is 6.01. The molecule has 112 valence electrons. The second-order valence-electron chi connectivity index (χ2n) is 5.08. The maximum absolute atomic E-state index is 6.01. The molecule has 0 aromatic heterocycles. The minimum atomic E-state index is 0.379. The van der Waals surface area contributed by atoms with E-state index >= 15 is 0 Å². The van der Waals surface area contributed by atoms with Crippen LogP contribution in [0.3, 0.4) is 0 Å². The summed E-state index contributed by atoms with van der Waals surface area (Å²) in [7, 11) is 1.67. The van der Waals surface area contributed by atoms with Gasteiger partial charge in [-0.05, 0) is 64.7 Å². The number of methoxy groups -OCH3 is 1. The average molecular weight is 369 g/mol. The summed E-state index contributed by atoms with van der Waals surface area (Å²) in [5.74, 6) is 0.853. The molecule has 0 aliphatic rings. The van der Waals surface area contributed by atoms with Crippen molar-refractivity contribution in [2.45, 2.75) is 25.9 Å². The Kier molecular flexibility index (Phi) is 6.09. The van der Waals surface area contributed by atoms with E-state index in [1.54, 1.807) is 7.11 Å². The van der Waals surface area contributed by atoms with E-state index in [0.717, 1.165) is 28.2 Å². The van der Waals surface area contributed by atoms with Gasteiger partial charge in [0.1, 0.15) is 5.75 Å². The third-order valence-corrected chi connectivity index (χ3v) is 4.16. The average Bonchev–Trinajstić information content (AvgIpc) is 2.45. The fourth-order valence-corrected chi connectivity index (χ4v) is 3.00. The van der Waals surface area contributed by atoms with Crippen molar-refractivity contribution in [3.05, 3.63) is 63.1 Å². The topological polar surface area (TPSA) is 21.3 Å². The predicted molar refractivity (Wildman–Crippen MR) is 92.2 cm³/mol. The van der Waals surface area contributed by atoms with Gasteiger partial charge in [-0.25, -0.2) is 0 Å². The summed E-state index contributed by atoms with van der Waals surface area (Å²) < 4.78 is 6.21. The summed E-state index contributed by atoms with van der Waals surface area (Å²) in [6.45, 7) is 3.00. The highest BCUT2D eigenvalue weighted by Gasteiger charge is 2.05. The summed E-state index contributed by atoms with van der Waals surface area (Å²) in [5.41, 5.74) is 2.47. The summed E-state index contributed by atoms with van der Waals surface area (Å²) in [5, 5.41) is 4.32. The van der Waals surface area contributed by atoms with Crippen molar-refractivity contribution in [2.24, 2.45) is 0 Å². The smallest absolute Gasteiger partial charge is 0.133 e. The highest BCUT2D eigenvalue weighted by atomic mass is 79.9. The second kappa shape index (κ2) is 7.83. The molecule has 0 fully saturated rings. The first kappa shape index (κ1) is 16.3. The fraction of sp³-hybridized carbons (Fsp3) is 0.294. The molecular weight excluding hydrogens is 350 g/mol. The SMILES string of the molecule is COc1ccc(CNC(C)Cc2cccc(Cl)c2)cc1Br. The van der Waals surface area contributed by atoms with Crippen LogP contribution in [0.1, 0.15) is 18.1 Å². The van der Waals surface area contributed by atoms with Gasteiger partial charge in [-0.1, -0.05) is 29.8 Å². The Morgan fingerprint density at radius 2 is 2.00 bits per heavy atom. The lowest BCUT2D eigenvalue weighted by Crippen LogP contribution is -2.27. The van der Waals surface area contributed by atoms with Gasteiger partial charge in [0.15, 0.2) is 0 Å². The van der Waals surface area contributed by atoms with Gasteiger partial charge in [0.25, 0.3) is 0 Å². The third-order valence-electron chi connectivity index (χ3n) is 3.30. The zero-order chi connectivity index (χ0) is 15.2. The quantitative estimate of drug-likeness (QED) is 0.788. The van der Waals surface area contributed by atoms with Crippen LogP contribution in [0.25, 0.3) is 0 Å². The molecule has 2 aromatic rings. The Morgan fingerprint density at radius 3 is 2.67 bits per heavy atom. The Morgan fingerprint density at radius 1 is 1.19 bits per heavy atom. The van der Waals surface area contributed by atoms with Crippen LogP contribution >= 0.6 is 27.5 Å². The molecule has 2 rings (SSSR count). The normalized spacial score (nSPS) is 12.2. The maximum Gasteiger partial charge on any atom is 0.133 e. The molecule has 2 aromatic carbocycles. The molecule has 0 aliphatic carbocycles. The van der Waals surface area contributed by atoms with Gasteiger partial charge in [0.2, 0.25) is 0 Å². The van der Waals surface area contributed by atoms with Crippen molar-refractivity contribution in [1.82, 2.24) is 5.32 Å². The van der Waals surface area contributed by atoms with Crippen molar-refractivity contribution in [3.8, 4) is 5.75 Å². The second-order valence-corrected chi connectivity index (χ2v) is 6.38. The molecule has 21 heavy (non-hydrogen) atoms. The van der Waals surface area contributed by atoms with E-state index in [0.29, 0.717) is 6.04 Å². The zero-order valence-electron chi connectivity index (χ0n) is 12.2. The summed E-state index contributed by atoms with van der Waals surface area (Å²) in [4.78, 5) is 0. The van der Waals surface area contributed by atoms with E-state index < -0.39 is 0 Å². The van der Waals surface area contributed by atoms with Gasteiger partial charge in [-0.3, -0.25) is 0 Å². The first-order valence-corrected chi connectivity index (χ1v) is 8.06. The van der Waals surface area contributed by atoms with E-state index in [1.165, 1.54) is 11.1 Å². The third kappa shape index (κ3) is 5.03. The van der Waals surface area contributed by atoms with E-state index in [4.69, 9.17) is 16.3 Å². The largest absolute Gasteiger partial charge is 0.496 e. The molecule has 0 spiro atoms. The van der Waals surface area contributed by atoms with Gasteiger partial charge in [0, 0.05) is 17.6 Å². The summed E-state index contributed by atoms with van der Waals surface area (Å²) >= 11 is 9.52. The molecule has 1 unspecified atom stereocenters. The molecule has 0 aliphatic heterocycles. The fourth-order valence-electron chi connectivity index (χ4n) is 2.20. The lowest BCUT2D eigenvalue weighted by Gasteiger charge is -2.15. The van der Waals surface area contributed by atoms with Gasteiger partial charge >= 0.3 is 0 Å². The Labute approximate surface area is 139 Å². The number of halogens is 2. The highest BCUT2D eigenvalue weighted by molar-refractivity contribution is 9.10. The zero-order valence-corrected chi connectivity index (χ0v) is 14.5. The molecule has 0 radical (unpaired) electrons. The number of hydrogen-bond acceptors (Lipinski definition) is 2. The van der Waals surface area contributed by atoms with Crippen LogP contribution < -0.4 is 10.1 Å². The molecule has 0 heterocycles. The van der Waals surface area contributed by atoms with Crippen LogP contribution in [-0.2, 0) is 13.0 Å². The van der Waals surface area contributed by atoms with Crippen LogP contribution in [0.15, 0.2) is 46.9 Å². The molecule has 1 atom stereocenters. The standard InChI is InChI=1S/C17H19BrClNO/c1-12(8-13-4-3-5-15(19)9-13)20-11-14-6-7-17(21-2)16(18)10-14/h3-7,9-10,12,20H,8,11H2,1-2H3. The molecule has 0 saturated heterocycles. The number of nitrogens with one attached hydrogen (secondary N) is 1. The first-order valence-electron chi connectivity index (χ1n) is 6.88. The minimum absolute atomic E-state index is 0.379. The van der Waals surface area contributed by atoms with Crippen LogP contribution in [0.5, 0.6) is 5.75 Å². The van der Waals surface area contributed by atoms with Crippen molar-refractivity contribution >= 4 is 27.5 Å². The van der Waals surface area contributed by atoms with Gasteiger partial charge in [-0.2, -0.15) is 0 Å². The molecule has 4 heteroatoms. The molecule has 0 amide bonds. The Balaban J connectivity index is 1.89. The van der Waals surface area contributed by atoms with Crippen LogP contribution in [0.2, 0.25) is 5.02 Å². The molecule has 0 bridgehead atoms. The number of benzene rings is 2. The van der Waals surface area contributed by atoms with Gasteiger partial charge in [-0.15, -0.1) is 0 Å². The van der Waals surface area contributed by atoms with E-state index in [9.17, 15) is 0 Å². The lowest BCUT2D eigenvalue weighted by molar-refractivity contribution is 0.412. The first-order chi connectivity index (χ1) is 10.1. The highest BCUT2D eigenvalue weighted by Crippen LogP contribution is 2.25. The van der Waals surface area contributed by atoms with Crippen LogP contribution in [0, 0.1) is 0 Å². The molecule has 1 N–H and O–H groups in total. The van der Waals surface area contributed by atoms with Crippen molar-refractivity contribution < 1.29 is 4.74 Å². The van der Waals surface area contributed by atoms with Crippen molar-refractivity contribution in [1.29, 1.82) is 0 Å². The molecule has 0 saturated carbocycles. The van der Waals surface area contributed by atoms with Crippen molar-refractivity contribution in [2.75, 3.05) is 7.11 Å². The predicted octanol–water partition coefficient (Wildman–Crippen LogP) is 4.83. The molecule has 2 nitrogen and oxygen atoms in total. The van der Waals surface area contributed by atoms with Crippen LogP contribution in [0.4, 0.5) is 0 Å². The summed E-state index contributed by atoms with van der Waals surface area (Å²) in [6, 6.07) is 14.5. The van der Waals surface area contributed by atoms with Crippen LogP contribution in [-0.4, -0.2) is 13.2 Å². The van der Waals surface area contributed by atoms with Gasteiger partial charge in [0.05, 0.1) is 11.6 Å². The van der Waals surface area contributed by atoms with E-state index in [-0.39, 0.29) is 0 Å². The Hall–Kier alpha value is -1.03. The van der Waals surface area contributed by atoms with Crippen molar-refractivity contribution in [3.63, 3.8) is 0 Å². The van der Waals surface area contributed by atoms with E-state index in [1.807, 2.05) is 24.3 Å². The lowest BCUT2D eigenvalue weighted by atomic mass is 10.1. The minimum Gasteiger partial charge on any atom is -0.496 e. The van der Waals surface area contributed by atoms with E-state index in [2.05, 4.69) is 46.4 Å². The molecular formula is C17H19BrClNO. The number of ether oxygens (including phenoxy) is 1. The summed E-state index contributed by atoms with van der Waals surface area (Å²) in [6.07, 6.45) is 0.956. The monoisotopic (exact) mass is 367 g/mol. The number of hydrogen-bond donors (Lipinski definition) is 1. The van der Waals surface area contributed by atoms with Gasteiger partial charge < -0.3 is 10.1 Å². The number of rotatable bonds is 6.